The lowest BCUT2D eigenvalue weighted by molar-refractivity contribution is -0.393. The van der Waals surface area contributed by atoms with Crippen LogP contribution < -0.4 is 0 Å². The highest BCUT2D eigenvalue weighted by Gasteiger charge is 2.54. The quantitative estimate of drug-likeness (QED) is 0.225. The Bertz CT molecular complexity index is 539. The van der Waals surface area contributed by atoms with Gasteiger partial charge in [-0.25, -0.2) is 0 Å². The molecule has 3 aliphatic rings. The van der Waals surface area contributed by atoms with Gasteiger partial charge in [0.05, 0.1) is 25.4 Å². The zero-order chi connectivity index (χ0) is 21.5. The fraction of sp³-hybridized carbons (Fsp3) is 1.00. The van der Waals surface area contributed by atoms with E-state index in [1.54, 1.807) is 0 Å². The molecule has 0 spiro atoms. The molecule has 3 fully saturated rings. The standard InChI is InChI=1S/C17H30O12/c1-17(2,24)8-5-25-13-7(4-19)27-16(12(23)14(13)28-8)29-15-11(22)10(21)9(20)6(3-18)26-15/h6-16,18-24H,3-5H2,1-2H3/t6-,7-,8-,9-,10+,11-,12-,13-,14-,15-,16-/m1/s1. The molecule has 0 unspecified atom stereocenters. The second kappa shape index (κ2) is 8.94. The SMILES string of the molecule is CC(C)(O)[C@H]1CO[C@H]2[C@H](O1)[C@@H](O)[C@@H](O[C@H]1O[C@H](CO)[C@@H](O)[C@H](O)[C@H]1O)O[C@@H]2CO. The smallest absolute Gasteiger partial charge is 0.189 e. The van der Waals surface area contributed by atoms with Gasteiger partial charge in [0.1, 0.15) is 54.9 Å². The molecule has 0 aromatic heterocycles. The zero-order valence-electron chi connectivity index (χ0n) is 16.1. The molecule has 0 saturated carbocycles. The van der Waals surface area contributed by atoms with Crippen molar-refractivity contribution in [3.05, 3.63) is 0 Å². The Morgan fingerprint density at radius 1 is 0.793 bits per heavy atom. The van der Waals surface area contributed by atoms with E-state index in [1.807, 2.05) is 0 Å². The summed E-state index contributed by atoms with van der Waals surface area (Å²) in [5, 5.41) is 69.7. The molecular formula is C17H30O12. The van der Waals surface area contributed by atoms with Crippen LogP contribution in [0.3, 0.4) is 0 Å². The molecule has 7 N–H and O–H groups in total. The first-order valence-corrected chi connectivity index (χ1v) is 9.48. The molecular weight excluding hydrogens is 396 g/mol. The van der Waals surface area contributed by atoms with Crippen molar-refractivity contribution >= 4 is 0 Å². The van der Waals surface area contributed by atoms with E-state index in [0.29, 0.717) is 0 Å². The van der Waals surface area contributed by atoms with E-state index in [0.717, 1.165) is 0 Å². The molecule has 12 nitrogen and oxygen atoms in total. The number of aliphatic hydroxyl groups excluding tert-OH is 6. The summed E-state index contributed by atoms with van der Waals surface area (Å²) >= 11 is 0. The summed E-state index contributed by atoms with van der Waals surface area (Å²) in [6, 6.07) is 0. The molecule has 11 atom stereocenters. The predicted octanol–water partition coefficient (Wildman–Crippen LogP) is -4.20. The molecule has 0 aromatic rings. The minimum atomic E-state index is -1.69. The third-order valence-electron chi connectivity index (χ3n) is 5.46. The molecule has 0 aromatic carbocycles. The lowest BCUT2D eigenvalue weighted by Crippen LogP contribution is -2.67. The van der Waals surface area contributed by atoms with Gasteiger partial charge in [0.15, 0.2) is 12.6 Å². The van der Waals surface area contributed by atoms with Gasteiger partial charge in [0, 0.05) is 0 Å². The Morgan fingerprint density at radius 3 is 1.97 bits per heavy atom. The maximum absolute atomic E-state index is 10.7. The molecule has 3 heterocycles. The molecule has 3 aliphatic heterocycles. The van der Waals surface area contributed by atoms with E-state index in [1.165, 1.54) is 13.8 Å². The van der Waals surface area contributed by atoms with Crippen LogP contribution in [0.15, 0.2) is 0 Å². The summed E-state index contributed by atoms with van der Waals surface area (Å²) in [6.45, 7) is 1.94. The highest BCUT2D eigenvalue weighted by atomic mass is 16.8. The second-order valence-electron chi connectivity index (χ2n) is 8.09. The summed E-state index contributed by atoms with van der Waals surface area (Å²) in [7, 11) is 0. The van der Waals surface area contributed by atoms with Crippen LogP contribution in [0.5, 0.6) is 0 Å². The summed E-state index contributed by atoms with van der Waals surface area (Å²) in [5.41, 5.74) is -1.26. The van der Waals surface area contributed by atoms with Crippen LogP contribution in [0.2, 0.25) is 0 Å². The van der Waals surface area contributed by atoms with Gasteiger partial charge >= 0.3 is 0 Å². The van der Waals surface area contributed by atoms with Crippen molar-refractivity contribution in [2.24, 2.45) is 0 Å². The Labute approximate surface area is 167 Å². The molecule has 0 radical (unpaired) electrons. The number of hydrogen-bond acceptors (Lipinski definition) is 12. The molecule has 0 amide bonds. The average Bonchev–Trinajstić information content (AvgIpc) is 2.69. The molecule has 3 saturated heterocycles. The second-order valence-corrected chi connectivity index (χ2v) is 8.09. The third-order valence-corrected chi connectivity index (χ3v) is 5.46. The Kier molecular flexibility index (Phi) is 7.15. The highest BCUT2D eigenvalue weighted by molar-refractivity contribution is 4.97. The van der Waals surface area contributed by atoms with Gasteiger partial charge in [-0.2, -0.15) is 0 Å². The van der Waals surface area contributed by atoms with E-state index in [-0.39, 0.29) is 6.61 Å². The van der Waals surface area contributed by atoms with E-state index in [9.17, 15) is 35.7 Å². The van der Waals surface area contributed by atoms with Crippen molar-refractivity contribution in [1.29, 1.82) is 0 Å². The Morgan fingerprint density at radius 2 is 1.38 bits per heavy atom. The Hall–Kier alpha value is -0.480. The topological polar surface area (TPSA) is 188 Å². The van der Waals surface area contributed by atoms with E-state index in [2.05, 4.69) is 0 Å². The van der Waals surface area contributed by atoms with Crippen LogP contribution in [0.25, 0.3) is 0 Å². The van der Waals surface area contributed by atoms with Crippen LogP contribution in [0, 0.1) is 0 Å². The monoisotopic (exact) mass is 426 g/mol. The van der Waals surface area contributed by atoms with Crippen LogP contribution in [0.4, 0.5) is 0 Å². The molecule has 3 rings (SSSR count). The minimum Gasteiger partial charge on any atom is -0.394 e. The van der Waals surface area contributed by atoms with Crippen LogP contribution in [0.1, 0.15) is 13.8 Å². The van der Waals surface area contributed by atoms with Gasteiger partial charge in [-0.3, -0.25) is 0 Å². The largest absolute Gasteiger partial charge is 0.394 e. The van der Waals surface area contributed by atoms with Crippen molar-refractivity contribution in [1.82, 2.24) is 0 Å². The molecule has 0 bridgehead atoms. The summed E-state index contributed by atoms with van der Waals surface area (Å²) < 4.78 is 27.7. The van der Waals surface area contributed by atoms with Crippen molar-refractivity contribution in [2.75, 3.05) is 19.8 Å². The van der Waals surface area contributed by atoms with Crippen molar-refractivity contribution in [3.63, 3.8) is 0 Å². The fourth-order valence-electron chi connectivity index (χ4n) is 3.62. The van der Waals surface area contributed by atoms with Crippen LogP contribution in [-0.2, 0) is 23.7 Å². The first-order chi connectivity index (χ1) is 13.6. The minimum absolute atomic E-state index is 0.0233. The number of rotatable bonds is 5. The van der Waals surface area contributed by atoms with Gasteiger partial charge in [-0.1, -0.05) is 0 Å². The summed E-state index contributed by atoms with van der Waals surface area (Å²) in [6.07, 6.45) is -14.1. The average molecular weight is 426 g/mol. The van der Waals surface area contributed by atoms with E-state index in [4.69, 9.17) is 23.7 Å². The molecule has 12 heteroatoms. The maximum atomic E-state index is 10.7. The first-order valence-electron chi connectivity index (χ1n) is 9.48. The summed E-state index contributed by atoms with van der Waals surface area (Å²) in [4.78, 5) is 0. The van der Waals surface area contributed by atoms with Crippen LogP contribution >= 0.6 is 0 Å². The van der Waals surface area contributed by atoms with Gasteiger partial charge in [0.2, 0.25) is 0 Å². The van der Waals surface area contributed by atoms with Crippen molar-refractivity contribution in [3.8, 4) is 0 Å². The maximum Gasteiger partial charge on any atom is 0.189 e. The summed E-state index contributed by atoms with van der Waals surface area (Å²) in [5.74, 6) is 0. The third kappa shape index (κ3) is 4.59. The van der Waals surface area contributed by atoms with E-state index < -0.39 is 86.3 Å². The lowest BCUT2D eigenvalue weighted by atomic mass is 9.94. The molecule has 0 aliphatic carbocycles. The first kappa shape index (κ1) is 23.2. The predicted molar refractivity (Wildman–Crippen MR) is 91.3 cm³/mol. The van der Waals surface area contributed by atoms with Gasteiger partial charge in [-0.05, 0) is 13.8 Å². The number of fused-ring (bicyclic) bond motifs is 1. The number of hydrogen-bond donors (Lipinski definition) is 7. The molecule has 170 valence electrons. The van der Waals surface area contributed by atoms with Crippen LogP contribution in [-0.4, -0.2) is 129 Å². The van der Waals surface area contributed by atoms with Crippen molar-refractivity contribution < 1.29 is 59.4 Å². The van der Waals surface area contributed by atoms with Gasteiger partial charge in [0.25, 0.3) is 0 Å². The fourth-order valence-corrected chi connectivity index (χ4v) is 3.62. The normalized spacial score (nSPS) is 48.9. The Balaban J connectivity index is 1.74. The molecule has 29 heavy (non-hydrogen) atoms. The zero-order valence-corrected chi connectivity index (χ0v) is 16.1. The van der Waals surface area contributed by atoms with Gasteiger partial charge in [-0.15, -0.1) is 0 Å². The van der Waals surface area contributed by atoms with Crippen molar-refractivity contribution in [2.45, 2.75) is 87.0 Å². The number of aliphatic hydroxyl groups is 7. The highest BCUT2D eigenvalue weighted by Crippen LogP contribution is 2.34. The number of ether oxygens (including phenoxy) is 5. The van der Waals surface area contributed by atoms with Gasteiger partial charge < -0.3 is 59.4 Å². The lowest BCUT2D eigenvalue weighted by Gasteiger charge is -2.50. The van der Waals surface area contributed by atoms with E-state index >= 15 is 0 Å².